The van der Waals surface area contributed by atoms with Crippen molar-refractivity contribution in [3.63, 3.8) is 0 Å². The van der Waals surface area contributed by atoms with E-state index in [1.54, 1.807) is 0 Å². The van der Waals surface area contributed by atoms with Gasteiger partial charge in [0.1, 0.15) is 0 Å². The van der Waals surface area contributed by atoms with Crippen molar-refractivity contribution in [1.82, 2.24) is 10.2 Å². The van der Waals surface area contributed by atoms with Crippen molar-refractivity contribution in [2.75, 3.05) is 26.2 Å². The maximum atomic E-state index is 11.7. The van der Waals surface area contributed by atoms with E-state index in [4.69, 9.17) is 6.42 Å². The van der Waals surface area contributed by atoms with Gasteiger partial charge >= 0.3 is 0 Å². The van der Waals surface area contributed by atoms with E-state index in [2.05, 4.69) is 25.1 Å². The second-order valence-electron chi connectivity index (χ2n) is 4.39. The van der Waals surface area contributed by atoms with Gasteiger partial charge in [0, 0.05) is 13.1 Å². The van der Waals surface area contributed by atoms with Crippen LogP contribution in [0.3, 0.4) is 0 Å². The first-order chi connectivity index (χ1) is 7.15. The lowest BCUT2D eigenvalue weighted by atomic mass is 9.89. The quantitative estimate of drug-likeness (QED) is 0.547. The maximum Gasteiger partial charge on any atom is 0.236 e. The topological polar surface area (TPSA) is 32.3 Å². The molecule has 0 aromatic heterocycles. The summed E-state index contributed by atoms with van der Waals surface area (Å²) in [6.07, 6.45) is 6.21. The van der Waals surface area contributed by atoms with Crippen LogP contribution in [0, 0.1) is 24.2 Å². The van der Waals surface area contributed by atoms with Crippen LogP contribution < -0.4 is 5.32 Å². The van der Waals surface area contributed by atoms with E-state index in [9.17, 15) is 4.79 Å². The highest BCUT2D eigenvalue weighted by atomic mass is 16.2. The molecule has 1 aliphatic rings. The number of hydrogen-bond acceptors (Lipinski definition) is 2. The summed E-state index contributed by atoms with van der Waals surface area (Å²) in [4.78, 5) is 13.7. The van der Waals surface area contributed by atoms with Gasteiger partial charge in [-0.3, -0.25) is 10.1 Å². The van der Waals surface area contributed by atoms with Gasteiger partial charge < -0.3 is 4.90 Å². The summed E-state index contributed by atoms with van der Waals surface area (Å²) < 4.78 is 0. The molecule has 0 spiro atoms. The number of nitrogens with one attached hydrogen (secondary N) is 1. The monoisotopic (exact) mass is 208 g/mol. The minimum atomic E-state index is 0.170. The lowest BCUT2D eigenvalue weighted by Crippen LogP contribution is -2.45. The van der Waals surface area contributed by atoms with Gasteiger partial charge in [-0.05, 0) is 18.3 Å². The molecule has 0 bridgehead atoms. The van der Waals surface area contributed by atoms with Crippen molar-refractivity contribution in [2.45, 2.75) is 20.3 Å². The zero-order valence-corrected chi connectivity index (χ0v) is 9.62. The molecule has 84 valence electrons. The van der Waals surface area contributed by atoms with Crippen LogP contribution in [0.15, 0.2) is 0 Å². The molecule has 2 atom stereocenters. The summed E-state index contributed by atoms with van der Waals surface area (Å²) in [6, 6.07) is 0. The third-order valence-corrected chi connectivity index (χ3v) is 3.19. The highest BCUT2D eigenvalue weighted by Crippen LogP contribution is 2.22. The third kappa shape index (κ3) is 3.56. The molecule has 0 aliphatic carbocycles. The third-order valence-electron chi connectivity index (χ3n) is 3.19. The van der Waals surface area contributed by atoms with E-state index < -0.39 is 0 Å². The fourth-order valence-corrected chi connectivity index (χ4v) is 1.84. The molecule has 1 aliphatic heterocycles. The Balaban J connectivity index is 2.31. The second-order valence-corrected chi connectivity index (χ2v) is 4.39. The summed E-state index contributed by atoms with van der Waals surface area (Å²) in [5.74, 6) is 3.97. The molecule has 0 aromatic carbocycles. The molecule has 1 rings (SSSR count). The first-order valence-electron chi connectivity index (χ1n) is 5.57. The zero-order valence-electron chi connectivity index (χ0n) is 9.62. The number of carbonyl (C=O) groups is 1. The minimum Gasteiger partial charge on any atom is -0.341 e. The Morgan fingerprint density at radius 1 is 1.53 bits per heavy atom. The van der Waals surface area contributed by atoms with Gasteiger partial charge in [0.05, 0.1) is 13.1 Å². The summed E-state index contributed by atoms with van der Waals surface area (Å²) in [5, 5.41) is 2.93. The fourth-order valence-electron chi connectivity index (χ4n) is 1.84. The zero-order chi connectivity index (χ0) is 11.3. The molecular weight excluding hydrogens is 188 g/mol. The Morgan fingerprint density at radius 2 is 2.27 bits per heavy atom. The van der Waals surface area contributed by atoms with Gasteiger partial charge in [-0.15, -0.1) is 6.42 Å². The van der Waals surface area contributed by atoms with Gasteiger partial charge in [-0.25, -0.2) is 0 Å². The summed E-state index contributed by atoms with van der Waals surface area (Å²) >= 11 is 0. The Bertz CT molecular complexity index is 257. The average molecular weight is 208 g/mol. The summed E-state index contributed by atoms with van der Waals surface area (Å²) in [6.45, 7) is 7.07. The van der Waals surface area contributed by atoms with E-state index in [0.29, 0.717) is 19.0 Å². The molecule has 3 heteroatoms. The number of piperidine rings is 1. The molecule has 0 saturated carbocycles. The van der Waals surface area contributed by atoms with Gasteiger partial charge in [0.15, 0.2) is 0 Å². The molecule has 1 amide bonds. The van der Waals surface area contributed by atoms with E-state index in [-0.39, 0.29) is 5.91 Å². The molecule has 2 unspecified atom stereocenters. The van der Waals surface area contributed by atoms with E-state index in [0.717, 1.165) is 25.4 Å². The first kappa shape index (κ1) is 12.1. The number of likely N-dealkylation sites (tertiary alicyclic amines) is 1. The molecule has 1 heterocycles. The summed E-state index contributed by atoms with van der Waals surface area (Å²) in [5.41, 5.74) is 0. The van der Waals surface area contributed by atoms with Gasteiger partial charge in [-0.1, -0.05) is 19.8 Å². The number of amides is 1. The van der Waals surface area contributed by atoms with Gasteiger partial charge in [0.25, 0.3) is 0 Å². The number of hydrogen-bond donors (Lipinski definition) is 1. The second kappa shape index (κ2) is 5.77. The predicted molar refractivity (Wildman–Crippen MR) is 61.2 cm³/mol. The van der Waals surface area contributed by atoms with Crippen LogP contribution in [-0.2, 0) is 4.79 Å². The Labute approximate surface area is 92.2 Å². The van der Waals surface area contributed by atoms with Crippen molar-refractivity contribution in [3.8, 4) is 12.3 Å². The SMILES string of the molecule is C#CCNCC(=O)N1CCC(C)C(C)C1. The molecular formula is C12H20N2O. The molecule has 0 radical (unpaired) electrons. The number of terminal acetylenes is 1. The van der Waals surface area contributed by atoms with Crippen LogP contribution in [0.4, 0.5) is 0 Å². The van der Waals surface area contributed by atoms with Crippen LogP contribution in [0.1, 0.15) is 20.3 Å². The lowest BCUT2D eigenvalue weighted by Gasteiger charge is -2.35. The smallest absolute Gasteiger partial charge is 0.236 e. The predicted octanol–water partition coefficient (Wildman–Crippen LogP) is 0.714. The highest BCUT2D eigenvalue weighted by Gasteiger charge is 2.25. The van der Waals surface area contributed by atoms with E-state index >= 15 is 0 Å². The largest absolute Gasteiger partial charge is 0.341 e. The Kier molecular flexibility index (Phi) is 4.64. The lowest BCUT2D eigenvalue weighted by molar-refractivity contribution is -0.132. The van der Waals surface area contributed by atoms with Crippen molar-refractivity contribution in [1.29, 1.82) is 0 Å². The Hall–Kier alpha value is -1.01. The van der Waals surface area contributed by atoms with Gasteiger partial charge in [-0.2, -0.15) is 0 Å². The van der Waals surface area contributed by atoms with Crippen LogP contribution in [-0.4, -0.2) is 37.0 Å². The van der Waals surface area contributed by atoms with Gasteiger partial charge in [0.2, 0.25) is 5.91 Å². The molecule has 3 nitrogen and oxygen atoms in total. The van der Waals surface area contributed by atoms with Crippen molar-refractivity contribution in [3.05, 3.63) is 0 Å². The average Bonchev–Trinajstić information content (AvgIpc) is 2.22. The number of nitrogens with zero attached hydrogens (tertiary/aromatic N) is 1. The van der Waals surface area contributed by atoms with Crippen molar-refractivity contribution < 1.29 is 4.79 Å². The van der Waals surface area contributed by atoms with Crippen LogP contribution in [0.5, 0.6) is 0 Å². The van der Waals surface area contributed by atoms with Crippen LogP contribution in [0.25, 0.3) is 0 Å². The molecule has 1 N–H and O–H groups in total. The molecule has 1 saturated heterocycles. The molecule has 1 fully saturated rings. The number of carbonyl (C=O) groups excluding carboxylic acids is 1. The van der Waals surface area contributed by atoms with E-state index in [1.165, 1.54) is 0 Å². The standard InChI is InChI=1S/C12H20N2O/c1-4-6-13-8-12(15)14-7-5-10(2)11(3)9-14/h1,10-11,13H,5-9H2,2-3H3. The highest BCUT2D eigenvalue weighted by molar-refractivity contribution is 5.78. The van der Waals surface area contributed by atoms with Crippen LogP contribution >= 0.6 is 0 Å². The van der Waals surface area contributed by atoms with Crippen molar-refractivity contribution in [2.24, 2.45) is 11.8 Å². The van der Waals surface area contributed by atoms with Crippen molar-refractivity contribution >= 4 is 5.91 Å². The van der Waals surface area contributed by atoms with Crippen LogP contribution in [0.2, 0.25) is 0 Å². The van der Waals surface area contributed by atoms with E-state index in [1.807, 2.05) is 4.90 Å². The Morgan fingerprint density at radius 3 is 2.87 bits per heavy atom. The normalized spacial score (nSPS) is 26.1. The first-order valence-corrected chi connectivity index (χ1v) is 5.57. The molecule has 0 aromatic rings. The minimum absolute atomic E-state index is 0.170. The number of rotatable bonds is 3. The molecule has 15 heavy (non-hydrogen) atoms. The fraction of sp³-hybridized carbons (Fsp3) is 0.750. The maximum absolute atomic E-state index is 11.7. The summed E-state index contributed by atoms with van der Waals surface area (Å²) in [7, 11) is 0.